The van der Waals surface area contributed by atoms with Gasteiger partial charge < -0.3 is 15.7 Å². The molecule has 1 aliphatic carbocycles. The lowest BCUT2D eigenvalue weighted by Crippen LogP contribution is -2.44. The van der Waals surface area contributed by atoms with E-state index in [0.717, 1.165) is 30.6 Å². The quantitative estimate of drug-likeness (QED) is 0.737. The summed E-state index contributed by atoms with van der Waals surface area (Å²) in [4.78, 5) is 25.1. The Balaban J connectivity index is 2.13. The average Bonchev–Trinajstić information content (AvgIpc) is 3.13. The fourth-order valence-corrected chi connectivity index (χ4v) is 4.06. The van der Waals surface area contributed by atoms with Crippen molar-refractivity contribution in [3.8, 4) is 0 Å². The molecule has 1 unspecified atom stereocenters. The van der Waals surface area contributed by atoms with E-state index in [1.165, 1.54) is 11.9 Å². The highest BCUT2D eigenvalue weighted by Gasteiger charge is 2.37. The van der Waals surface area contributed by atoms with Gasteiger partial charge in [-0.1, -0.05) is 12.8 Å². The smallest absolute Gasteiger partial charge is 0.309 e. The highest BCUT2D eigenvalue weighted by Crippen LogP contribution is 2.44. The van der Waals surface area contributed by atoms with E-state index >= 15 is 0 Å². The molecule has 3 N–H and O–H groups in total. The number of carbonyl (C=O) groups is 2. The Hall–Kier alpha value is -1.40. The number of carbonyl (C=O) groups excluding carboxylic acids is 2. The Morgan fingerprint density at radius 1 is 1.33 bits per heavy atom. The number of aliphatic hydroxyl groups excluding tert-OH is 1. The minimum Gasteiger partial charge on any atom is -0.388 e. The molecule has 21 heavy (non-hydrogen) atoms. The number of rotatable bonds is 4. The molecule has 5 nitrogen and oxygen atoms in total. The summed E-state index contributed by atoms with van der Waals surface area (Å²) in [6.45, 7) is 2.23. The van der Waals surface area contributed by atoms with Crippen LogP contribution in [0.5, 0.6) is 0 Å². The molecule has 0 bridgehead atoms. The first-order valence-electron chi connectivity index (χ1n) is 7.27. The maximum absolute atomic E-state index is 11.7. The van der Waals surface area contributed by atoms with Crippen molar-refractivity contribution in [2.75, 3.05) is 13.6 Å². The Bertz CT molecular complexity index is 519. The van der Waals surface area contributed by atoms with Gasteiger partial charge in [0.25, 0.3) is 0 Å². The molecular weight excluding hydrogens is 288 g/mol. The summed E-state index contributed by atoms with van der Waals surface area (Å²) in [7, 11) is 1.45. The van der Waals surface area contributed by atoms with E-state index in [4.69, 9.17) is 0 Å². The van der Waals surface area contributed by atoms with Gasteiger partial charge in [-0.25, -0.2) is 0 Å². The van der Waals surface area contributed by atoms with Gasteiger partial charge >= 0.3 is 11.8 Å². The Kier molecular flexibility index (Phi) is 5.00. The van der Waals surface area contributed by atoms with Crippen molar-refractivity contribution >= 4 is 23.2 Å². The van der Waals surface area contributed by atoms with E-state index in [1.54, 1.807) is 18.3 Å². The van der Waals surface area contributed by atoms with Crippen LogP contribution in [0.4, 0.5) is 0 Å². The van der Waals surface area contributed by atoms with Gasteiger partial charge in [0.05, 0.1) is 6.10 Å². The summed E-state index contributed by atoms with van der Waals surface area (Å²) in [5.74, 6) is -1.20. The molecular formula is C15H22N2O3S. The standard InChI is InChI=1S/C15H22N2O3S/c1-10(18)11-5-6-12(21-11)15(7-3-4-8-15)9-17-14(20)13(19)16-2/h5-6,10,18H,3-4,7-9H2,1-2H3,(H,16,19)(H,17,20). The van der Waals surface area contributed by atoms with Crippen LogP contribution in [0.15, 0.2) is 12.1 Å². The van der Waals surface area contributed by atoms with Crippen LogP contribution < -0.4 is 10.6 Å². The van der Waals surface area contributed by atoms with Crippen LogP contribution in [-0.4, -0.2) is 30.5 Å². The van der Waals surface area contributed by atoms with E-state index in [2.05, 4.69) is 10.6 Å². The number of amides is 2. The van der Waals surface area contributed by atoms with Gasteiger partial charge in [0, 0.05) is 28.8 Å². The van der Waals surface area contributed by atoms with Crippen LogP contribution in [0.25, 0.3) is 0 Å². The van der Waals surface area contributed by atoms with Crippen molar-refractivity contribution in [3.05, 3.63) is 21.9 Å². The zero-order valence-electron chi connectivity index (χ0n) is 12.4. The predicted octanol–water partition coefficient (Wildman–Crippen LogP) is 1.48. The van der Waals surface area contributed by atoms with Crippen molar-refractivity contribution in [2.24, 2.45) is 0 Å². The van der Waals surface area contributed by atoms with Crippen LogP contribution in [0.1, 0.15) is 48.5 Å². The summed E-state index contributed by atoms with van der Waals surface area (Å²) in [5.41, 5.74) is -0.0957. The van der Waals surface area contributed by atoms with E-state index < -0.39 is 17.9 Å². The molecule has 1 aromatic heterocycles. The molecule has 0 aromatic carbocycles. The first-order valence-corrected chi connectivity index (χ1v) is 8.08. The third-order valence-electron chi connectivity index (χ3n) is 4.14. The first-order chi connectivity index (χ1) is 9.98. The van der Waals surface area contributed by atoms with Crippen LogP contribution in [0.2, 0.25) is 0 Å². The van der Waals surface area contributed by atoms with Gasteiger partial charge in [0.15, 0.2) is 0 Å². The Labute approximate surface area is 128 Å². The lowest BCUT2D eigenvalue weighted by Gasteiger charge is -2.28. The van der Waals surface area contributed by atoms with Crippen LogP contribution in [-0.2, 0) is 15.0 Å². The zero-order valence-corrected chi connectivity index (χ0v) is 13.3. The Morgan fingerprint density at radius 3 is 2.52 bits per heavy atom. The van der Waals surface area contributed by atoms with Gasteiger partial charge in [-0.05, 0) is 31.9 Å². The summed E-state index contributed by atoms with van der Waals surface area (Å²) in [6, 6.07) is 4.00. The molecule has 0 spiro atoms. The van der Waals surface area contributed by atoms with E-state index in [-0.39, 0.29) is 5.41 Å². The molecule has 2 rings (SSSR count). The third-order valence-corrected chi connectivity index (χ3v) is 5.64. The molecule has 1 aromatic rings. The largest absolute Gasteiger partial charge is 0.388 e. The normalized spacial score (nSPS) is 18.2. The van der Waals surface area contributed by atoms with Crippen molar-refractivity contribution < 1.29 is 14.7 Å². The molecule has 0 saturated heterocycles. The molecule has 0 radical (unpaired) electrons. The highest BCUT2D eigenvalue weighted by atomic mass is 32.1. The fraction of sp³-hybridized carbons (Fsp3) is 0.600. The fourth-order valence-electron chi connectivity index (χ4n) is 2.87. The van der Waals surface area contributed by atoms with Gasteiger partial charge in [-0.15, -0.1) is 11.3 Å². The third kappa shape index (κ3) is 3.44. The molecule has 1 atom stereocenters. The molecule has 1 heterocycles. The summed E-state index contributed by atoms with van der Waals surface area (Å²) < 4.78 is 0. The Morgan fingerprint density at radius 2 is 2.00 bits per heavy atom. The molecule has 1 saturated carbocycles. The number of aliphatic hydroxyl groups is 1. The summed E-state index contributed by atoms with van der Waals surface area (Å²) >= 11 is 1.60. The molecule has 1 aliphatic rings. The summed E-state index contributed by atoms with van der Waals surface area (Å²) in [6.07, 6.45) is 3.78. The van der Waals surface area contributed by atoms with Crippen LogP contribution in [0, 0.1) is 0 Å². The van der Waals surface area contributed by atoms with Gasteiger partial charge in [0.1, 0.15) is 0 Å². The number of thiophene rings is 1. The lowest BCUT2D eigenvalue weighted by atomic mass is 9.84. The van der Waals surface area contributed by atoms with Crippen molar-refractivity contribution in [3.63, 3.8) is 0 Å². The lowest BCUT2D eigenvalue weighted by molar-refractivity contribution is -0.139. The van der Waals surface area contributed by atoms with Crippen LogP contribution >= 0.6 is 11.3 Å². The number of likely N-dealkylation sites (N-methyl/N-ethyl adjacent to an activating group) is 1. The SMILES string of the molecule is CNC(=O)C(=O)NCC1(c2ccc(C(C)O)s2)CCCC1. The number of hydrogen-bond donors (Lipinski definition) is 3. The average molecular weight is 310 g/mol. The molecule has 2 amide bonds. The second-order valence-corrected chi connectivity index (χ2v) is 6.74. The van der Waals surface area contributed by atoms with Gasteiger partial charge in [-0.2, -0.15) is 0 Å². The molecule has 1 fully saturated rings. The predicted molar refractivity (Wildman–Crippen MR) is 82.2 cm³/mol. The topological polar surface area (TPSA) is 78.4 Å². The minimum atomic E-state index is -0.612. The first kappa shape index (κ1) is 16.0. The van der Waals surface area contributed by atoms with Gasteiger partial charge in [0.2, 0.25) is 0 Å². The molecule has 0 aliphatic heterocycles. The second-order valence-electron chi connectivity index (χ2n) is 5.63. The maximum Gasteiger partial charge on any atom is 0.309 e. The zero-order chi connectivity index (χ0) is 15.5. The summed E-state index contributed by atoms with van der Waals surface area (Å²) in [5, 5.41) is 14.8. The number of hydrogen-bond acceptors (Lipinski definition) is 4. The van der Waals surface area contributed by atoms with E-state index in [0.29, 0.717) is 6.54 Å². The molecule has 116 valence electrons. The van der Waals surface area contributed by atoms with Crippen molar-refractivity contribution in [1.82, 2.24) is 10.6 Å². The second kappa shape index (κ2) is 6.58. The van der Waals surface area contributed by atoms with Crippen molar-refractivity contribution in [1.29, 1.82) is 0 Å². The van der Waals surface area contributed by atoms with Crippen molar-refractivity contribution in [2.45, 2.75) is 44.1 Å². The minimum absolute atomic E-state index is 0.0957. The monoisotopic (exact) mass is 310 g/mol. The maximum atomic E-state index is 11.7. The highest BCUT2D eigenvalue weighted by molar-refractivity contribution is 7.12. The molecule has 6 heteroatoms. The van der Waals surface area contributed by atoms with E-state index in [9.17, 15) is 14.7 Å². The van der Waals surface area contributed by atoms with Gasteiger partial charge in [-0.3, -0.25) is 9.59 Å². The van der Waals surface area contributed by atoms with E-state index in [1.807, 2.05) is 12.1 Å². The van der Waals surface area contributed by atoms with Crippen LogP contribution in [0.3, 0.4) is 0 Å². The number of nitrogens with one attached hydrogen (secondary N) is 2.